The van der Waals surface area contributed by atoms with E-state index in [0.717, 1.165) is 18.7 Å². The molecule has 0 unspecified atom stereocenters. The predicted octanol–water partition coefficient (Wildman–Crippen LogP) is 2.65. The van der Waals surface area contributed by atoms with Crippen LogP contribution in [0.25, 0.3) is 0 Å². The van der Waals surface area contributed by atoms with Crippen LogP contribution in [0.5, 0.6) is 0 Å². The molecule has 0 bridgehead atoms. The fourth-order valence-corrected chi connectivity index (χ4v) is 2.47. The lowest BCUT2D eigenvalue weighted by atomic mass is 10.1. The first kappa shape index (κ1) is 17.2. The molecular formula is C19H25N3O. The fraction of sp³-hybridized carbons (Fsp3) is 0.316. The van der Waals surface area contributed by atoms with Crippen LogP contribution in [0.3, 0.4) is 0 Å². The van der Waals surface area contributed by atoms with Gasteiger partial charge in [-0.15, -0.1) is 0 Å². The van der Waals surface area contributed by atoms with Gasteiger partial charge in [0.2, 0.25) is 5.91 Å². The summed E-state index contributed by atoms with van der Waals surface area (Å²) in [5.41, 5.74) is 8.95. The zero-order valence-corrected chi connectivity index (χ0v) is 13.7. The molecule has 4 heteroatoms. The maximum Gasteiger partial charge on any atom is 0.238 e. The van der Waals surface area contributed by atoms with Crippen molar-refractivity contribution in [2.24, 2.45) is 5.73 Å². The number of hydrogen-bond acceptors (Lipinski definition) is 3. The third-order valence-corrected chi connectivity index (χ3v) is 3.71. The van der Waals surface area contributed by atoms with Crippen molar-refractivity contribution in [2.45, 2.75) is 19.9 Å². The number of anilines is 1. The molecule has 0 aliphatic rings. The molecular weight excluding hydrogens is 286 g/mol. The van der Waals surface area contributed by atoms with Gasteiger partial charge in [-0.05, 0) is 29.7 Å². The van der Waals surface area contributed by atoms with Crippen molar-refractivity contribution in [3.05, 3.63) is 65.7 Å². The molecule has 122 valence electrons. The van der Waals surface area contributed by atoms with Gasteiger partial charge in [-0.3, -0.25) is 9.69 Å². The second kappa shape index (κ2) is 9.08. The summed E-state index contributed by atoms with van der Waals surface area (Å²) in [7, 11) is 0. The number of carbonyl (C=O) groups is 1. The average Bonchev–Trinajstić information content (AvgIpc) is 2.56. The third-order valence-electron chi connectivity index (χ3n) is 3.71. The minimum Gasteiger partial charge on any atom is -0.329 e. The van der Waals surface area contributed by atoms with Crippen LogP contribution < -0.4 is 11.1 Å². The Labute approximate surface area is 138 Å². The molecule has 0 atom stereocenters. The number of aryl methyl sites for hydroxylation is 1. The van der Waals surface area contributed by atoms with Gasteiger partial charge in [-0.1, -0.05) is 49.4 Å². The van der Waals surface area contributed by atoms with E-state index in [1.165, 1.54) is 11.1 Å². The highest BCUT2D eigenvalue weighted by atomic mass is 16.2. The zero-order valence-electron chi connectivity index (χ0n) is 13.7. The van der Waals surface area contributed by atoms with Crippen LogP contribution in [0.1, 0.15) is 18.1 Å². The Hall–Kier alpha value is -2.17. The summed E-state index contributed by atoms with van der Waals surface area (Å²) in [6.07, 6.45) is 0.996. The third kappa shape index (κ3) is 5.85. The first-order valence-corrected chi connectivity index (χ1v) is 8.06. The second-order valence-corrected chi connectivity index (χ2v) is 5.58. The number of amides is 1. The summed E-state index contributed by atoms with van der Waals surface area (Å²) >= 11 is 0. The van der Waals surface area contributed by atoms with E-state index in [9.17, 15) is 4.79 Å². The summed E-state index contributed by atoms with van der Waals surface area (Å²) in [5.74, 6) is -0.0152. The van der Waals surface area contributed by atoms with E-state index in [1.54, 1.807) is 0 Å². The number of rotatable bonds is 8. The maximum atomic E-state index is 12.2. The zero-order chi connectivity index (χ0) is 16.5. The normalized spacial score (nSPS) is 10.7. The van der Waals surface area contributed by atoms with Crippen LogP contribution in [0.15, 0.2) is 54.6 Å². The highest BCUT2D eigenvalue weighted by molar-refractivity contribution is 5.92. The van der Waals surface area contributed by atoms with Crippen molar-refractivity contribution < 1.29 is 4.79 Å². The molecule has 2 rings (SSSR count). The second-order valence-electron chi connectivity index (χ2n) is 5.58. The summed E-state index contributed by atoms with van der Waals surface area (Å²) in [6, 6.07) is 18.1. The molecule has 2 aromatic carbocycles. The number of carbonyl (C=O) groups excluding carboxylic acids is 1. The molecule has 0 saturated heterocycles. The quantitative estimate of drug-likeness (QED) is 0.788. The van der Waals surface area contributed by atoms with Crippen LogP contribution in [0, 0.1) is 0 Å². The van der Waals surface area contributed by atoms with Gasteiger partial charge in [-0.2, -0.15) is 0 Å². The van der Waals surface area contributed by atoms with Crippen LogP contribution in [-0.4, -0.2) is 30.4 Å². The van der Waals surface area contributed by atoms with Gasteiger partial charge in [0.05, 0.1) is 6.54 Å². The lowest BCUT2D eigenvalue weighted by molar-refractivity contribution is -0.117. The van der Waals surface area contributed by atoms with Gasteiger partial charge in [0.15, 0.2) is 0 Å². The molecule has 0 spiro atoms. The average molecular weight is 311 g/mol. The minimum atomic E-state index is -0.0152. The Bertz CT molecular complexity index is 596. The number of nitrogens with one attached hydrogen (secondary N) is 1. The lowest BCUT2D eigenvalue weighted by Crippen LogP contribution is -2.36. The summed E-state index contributed by atoms with van der Waals surface area (Å²) in [4.78, 5) is 14.3. The highest BCUT2D eigenvalue weighted by Crippen LogP contribution is 2.10. The Morgan fingerprint density at radius 2 is 1.74 bits per heavy atom. The van der Waals surface area contributed by atoms with Crippen molar-refractivity contribution in [1.82, 2.24) is 4.90 Å². The molecule has 0 heterocycles. The lowest BCUT2D eigenvalue weighted by Gasteiger charge is -2.21. The Kier molecular flexibility index (Phi) is 6.78. The van der Waals surface area contributed by atoms with Gasteiger partial charge in [0, 0.05) is 25.3 Å². The van der Waals surface area contributed by atoms with Crippen molar-refractivity contribution >= 4 is 11.6 Å². The minimum absolute atomic E-state index is 0.0152. The first-order valence-electron chi connectivity index (χ1n) is 8.06. The number of hydrogen-bond donors (Lipinski definition) is 2. The van der Waals surface area contributed by atoms with Crippen molar-refractivity contribution in [1.29, 1.82) is 0 Å². The van der Waals surface area contributed by atoms with Gasteiger partial charge >= 0.3 is 0 Å². The summed E-state index contributed by atoms with van der Waals surface area (Å²) in [6.45, 7) is 4.39. The number of nitrogens with zero attached hydrogens (tertiary/aromatic N) is 1. The van der Waals surface area contributed by atoms with Crippen LogP contribution >= 0.6 is 0 Å². The molecule has 0 aromatic heterocycles. The van der Waals surface area contributed by atoms with E-state index in [0.29, 0.717) is 19.6 Å². The van der Waals surface area contributed by atoms with Crippen LogP contribution in [-0.2, 0) is 17.8 Å². The van der Waals surface area contributed by atoms with E-state index in [2.05, 4.69) is 29.3 Å². The topological polar surface area (TPSA) is 58.4 Å². The van der Waals surface area contributed by atoms with Crippen molar-refractivity contribution in [2.75, 3.05) is 25.0 Å². The SMILES string of the molecule is CCc1ccc(NC(=O)CN(CCN)Cc2ccccc2)cc1. The van der Waals surface area contributed by atoms with Gasteiger partial charge in [-0.25, -0.2) is 0 Å². The van der Waals surface area contributed by atoms with E-state index in [1.807, 2.05) is 42.5 Å². The number of nitrogens with two attached hydrogens (primary N) is 1. The van der Waals surface area contributed by atoms with E-state index in [-0.39, 0.29) is 5.91 Å². The van der Waals surface area contributed by atoms with Gasteiger partial charge in [0.1, 0.15) is 0 Å². The molecule has 0 radical (unpaired) electrons. The van der Waals surface area contributed by atoms with E-state index >= 15 is 0 Å². The molecule has 23 heavy (non-hydrogen) atoms. The molecule has 1 amide bonds. The summed E-state index contributed by atoms with van der Waals surface area (Å²) in [5, 5.41) is 2.95. The standard InChI is InChI=1S/C19H25N3O/c1-2-16-8-10-18(11-9-16)21-19(23)15-22(13-12-20)14-17-6-4-3-5-7-17/h3-11H,2,12-15,20H2,1H3,(H,21,23). The van der Waals surface area contributed by atoms with Crippen LogP contribution in [0.4, 0.5) is 5.69 Å². The fourth-order valence-electron chi connectivity index (χ4n) is 2.47. The summed E-state index contributed by atoms with van der Waals surface area (Å²) < 4.78 is 0. The van der Waals surface area contributed by atoms with E-state index < -0.39 is 0 Å². The largest absolute Gasteiger partial charge is 0.329 e. The molecule has 4 nitrogen and oxygen atoms in total. The first-order chi connectivity index (χ1) is 11.2. The smallest absolute Gasteiger partial charge is 0.238 e. The van der Waals surface area contributed by atoms with Crippen LogP contribution in [0.2, 0.25) is 0 Å². The Morgan fingerprint density at radius 1 is 1.04 bits per heavy atom. The monoisotopic (exact) mass is 311 g/mol. The highest BCUT2D eigenvalue weighted by Gasteiger charge is 2.11. The Morgan fingerprint density at radius 3 is 2.35 bits per heavy atom. The van der Waals surface area contributed by atoms with Crippen molar-refractivity contribution in [3.8, 4) is 0 Å². The van der Waals surface area contributed by atoms with Crippen molar-refractivity contribution in [3.63, 3.8) is 0 Å². The maximum absolute atomic E-state index is 12.2. The molecule has 3 N–H and O–H groups in total. The van der Waals surface area contributed by atoms with E-state index in [4.69, 9.17) is 5.73 Å². The molecule has 0 fully saturated rings. The Balaban J connectivity index is 1.91. The van der Waals surface area contributed by atoms with Gasteiger partial charge < -0.3 is 11.1 Å². The molecule has 0 saturated carbocycles. The predicted molar refractivity (Wildman–Crippen MR) is 95.2 cm³/mol. The molecule has 0 aliphatic carbocycles. The van der Waals surface area contributed by atoms with Gasteiger partial charge in [0.25, 0.3) is 0 Å². The molecule has 0 aliphatic heterocycles. The molecule has 2 aromatic rings. The number of benzene rings is 2.